The molecule has 0 aliphatic carbocycles. The normalized spacial score (nSPS) is 11.3. The van der Waals surface area contributed by atoms with Gasteiger partial charge in [0, 0.05) is 12.3 Å². The van der Waals surface area contributed by atoms with Crippen molar-refractivity contribution in [3.63, 3.8) is 0 Å². The first-order valence-corrected chi connectivity index (χ1v) is 5.33. The number of rotatable bonds is 3. The molecule has 0 atom stereocenters. The summed E-state index contributed by atoms with van der Waals surface area (Å²) in [6.45, 7) is 0. The molecule has 3 N–H and O–H groups in total. The highest BCUT2D eigenvalue weighted by Crippen LogP contribution is 2.30. The van der Waals surface area contributed by atoms with Crippen molar-refractivity contribution in [1.82, 2.24) is 4.98 Å². The molecule has 0 saturated carbocycles. The van der Waals surface area contributed by atoms with E-state index in [2.05, 4.69) is 9.98 Å². The van der Waals surface area contributed by atoms with Gasteiger partial charge in [0.25, 0.3) is 0 Å². The monoisotopic (exact) mass is 243 g/mol. The van der Waals surface area contributed by atoms with Crippen LogP contribution in [0.1, 0.15) is 5.69 Å². The van der Waals surface area contributed by atoms with Crippen LogP contribution in [0.15, 0.2) is 47.6 Å². The number of methoxy groups -OCH3 is 1. The minimum absolute atomic E-state index is 0.113. The van der Waals surface area contributed by atoms with Gasteiger partial charge in [-0.15, -0.1) is 0 Å². The molecule has 0 aliphatic heterocycles. The van der Waals surface area contributed by atoms with E-state index in [1.807, 2.05) is 6.07 Å². The van der Waals surface area contributed by atoms with E-state index in [-0.39, 0.29) is 5.75 Å². The van der Waals surface area contributed by atoms with E-state index in [1.165, 1.54) is 19.2 Å². The van der Waals surface area contributed by atoms with E-state index in [1.54, 1.807) is 24.4 Å². The van der Waals surface area contributed by atoms with E-state index in [4.69, 9.17) is 10.5 Å². The van der Waals surface area contributed by atoms with Gasteiger partial charge in [0.05, 0.1) is 7.11 Å². The molecule has 0 amide bonds. The largest absolute Gasteiger partial charge is 0.508 e. The molecule has 0 fully saturated rings. The highest BCUT2D eigenvalue weighted by Gasteiger charge is 2.05. The van der Waals surface area contributed by atoms with Crippen LogP contribution >= 0.6 is 0 Å². The topological polar surface area (TPSA) is 80.7 Å². The molecule has 18 heavy (non-hydrogen) atoms. The van der Waals surface area contributed by atoms with Gasteiger partial charge in [-0.1, -0.05) is 6.07 Å². The second-order valence-electron chi connectivity index (χ2n) is 3.57. The predicted octanol–water partition coefficient (Wildman–Crippen LogP) is 1.83. The SMILES string of the molecule is COc1cc(O)ccc1N=C(N)c1ccccn1. The van der Waals surface area contributed by atoms with Crippen molar-refractivity contribution in [2.75, 3.05) is 7.11 Å². The van der Waals surface area contributed by atoms with Crippen molar-refractivity contribution in [2.45, 2.75) is 0 Å². The second kappa shape index (κ2) is 5.18. The Morgan fingerprint density at radius 1 is 1.33 bits per heavy atom. The van der Waals surface area contributed by atoms with Crippen LogP contribution in [-0.2, 0) is 0 Å². The molecule has 2 rings (SSSR count). The molecule has 0 radical (unpaired) electrons. The van der Waals surface area contributed by atoms with E-state index < -0.39 is 0 Å². The number of phenolic OH excluding ortho intramolecular Hbond substituents is 1. The van der Waals surface area contributed by atoms with Gasteiger partial charge in [0.15, 0.2) is 0 Å². The lowest BCUT2D eigenvalue weighted by Gasteiger charge is -2.06. The van der Waals surface area contributed by atoms with Crippen LogP contribution in [0.2, 0.25) is 0 Å². The molecule has 5 nitrogen and oxygen atoms in total. The number of amidine groups is 1. The summed E-state index contributed by atoms with van der Waals surface area (Å²) >= 11 is 0. The van der Waals surface area contributed by atoms with Crippen LogP contribution in [0.4, 0.5) is 5.69 Å². The molecular weight excluding hydrogens is 230 g/mol. The third kappa shape index (κ3) is 2.57. The summed E-state index contributed by atoms with van der Waals surface area (Å²) in [5.41, 5.74) is 6.99. The van der Waals surface area contributed by atoms with Gasteiger partial charge in [0.1, 0.15) is 28.7 Å². The third-order valence-corrected chi connectivity index (χ3v) is 2.33. The number of ether oxygens (including phenoxy) is 1. The van der Waals surface area contributed by atoms with Gasteiger partial charge in [-0.25, -0.2) is 4.99 Å². The lowest BCUT2D eigenvalue weighted by molar-refractivity contribution is 0.409. The van der Waals surface area contributed by atoms with Crippen molar-refractivity contribution < 1.29 is 9.84 Å². The number of nitrogens with zero attached hydrogens (tertiary/aromatic N) is 2. The molecule has 2 aromatic rings. The Balaban J connectivity index is 2.39. The summed E-state index contributed by atoms with van der Waals surface area (Å²) in [6.07, 6.45) is 1.64. The number of aliphatic imine (C=N–C) groups is 1. The van der Waals surface area contributed by atoms with Gasteiger partial charge in [-0.05, 0) is 24.3 Å². The van der Waals surface area contributed by atoms with Gasteiger partial charge in [0.2, 0.25) is 0 Å². The third-order valence-electron chi connectivity index (χ3n) is 2.33. The van der Waals surface area contributed by atoms with Gasteiger partial charge in [-0.2, -0.15) is 0 Å². The van der Waals surface area contributed by atoms with Crippen LogP contribution in [0, 0.1) is 0 Å². The minimum atomic E-state index is 0.113. The molecule has 0 spiro atoms. The highest BCUT2D eigenvalue weighted by molar-refractivity contribution is 5.97. The summed E-state index contributed by atoms with van der Waals surface area (Å²) in [7, 11) is 1.50. The van der Waals surface area contributed by atoms with Crippen LogP contribution in [0.5, 0.6) is 11.5 Å². The quantitative estimate of drug-likeness (QED) is 0.636. The van der Waals surface area contributed by atoms with E-state index in [9.17, 15) is 5.11 Å². The maximum Gasteiger partial charge on any atom is 0.150 e. The zero-order chi connectivity index (χ0) is 13.0. The molecule has 92 valence electrons. The fourth-order valence-electron chi connectivity index (χ4n) is 1.46. The van der Waals surface area contributed by atoms with E-state index in [0.29, 0.717) is 23.0 Å². The van der Waals surface area contributed by atoms with Crippen LogP contribution in [0.25, 0.3) is 0 Å². The molecule has 0 unspecified atom stereocenters. The Bertz CT molecular complexity index is 568. The average molecular weight is 243 g/mol. The number of nitrogens with two attached hydrogens (primary N) is 1. The summed E-state index contributed by atoms with van der Waals surface area (Å²) in [5, 5.41) is 9.35. The van der Waals surface area contributed by atoms with Crippen LogP contribution in [-0.4, -0.2) is 23.0 Å². The Hall–Kier alpha value is -2.56. The summed E-state index contributed by atoms with van der Waals surface area (Å²) < 4.78 is 5.12. The van der Waals surface area contributed by atoms with Crippen molar-refractivity contribution in [3.05, 3.63) is 48.3 Å². The summed E-state index contributed by atoms with van der Waals surface area (Å²) in [4.78, 5) is 8.34. The molecule has 0 saturated heterocycles. The van der Waals surface area contributed by atoms with Gasteiger partial charge < -0.3 is 15.6 Å². The van der Waals surface area contributed by atoms with Gasteiger partial charge in [-0.3, -0.25) is 4.98 Å². The molecule has 0 bridgehead atoms. The number of phenols is 1. The lowest BCUT2D eigenvalue weighted by atomic mass is 10.2. The average Bonchev–Trinajstić information content (AvgIpc) is 2.41. The maximum atomic E-state index is 9.35. The van der Waals surface area contributed by atoms with Gasteiger partial charge >= 0.3 is 0 Å². The Labute approximate surface area is 105 Å². The molecule has 5 heteroatoms. The standard InChI is InChI=1S/C13H13N3O2/c1-18-12-8-9(17)5-6-10(12)16-13(14)11-4-2-3-7-15-11/h2-8,17H,1H3,(H2,14,16). The number of benzene rings is 1. The van der Waals surface area contributed by atoms with Crippen molar-refractivity contribution >= 4 is 11.5 Å². The summed E-state index contributed by atoms with van der Waals surface area (Å²) in [5.74, 6) is 0.857. The molecule has 1 heterocycles. The molecular formula is C13H13N3O2. The molecule has 1 aromatic carbocycles. The van der Waals surface area contributed by atoms with Crippen molar-refractivity contribution in [3.8, 4) is 11.5 Å². The molecule has 0 aliphatic rings. The minimum Gasteiger partial charge on any atom is -0.508 e. The fraction of sp³-hybridized carbons (Fsp3) is 0.0769. The first-order chi connectivity index (χ1) is 8.70. The summed E-state index contributed by atoms with van der Waals surface area (Å²) in [6, 6.07) is 10.0. The highest BCUT2D eigenvalue weighted by atomic mass is 16.5. The van der Waals surface area contributed by atoms with Crippen LogP contribution < -0.4 is 10.5 Å². The van der Waals surface area contributed by atoms with Crippen LogP contribution in [0.3, 0.4) is 0 Å². The zero-order valence-corrected chi connectivity index (χ0v) is 9.87. The predicted molar refractivity (Wildman–Crippen MR) is 69.3 cm³/mol. The first kappa shape index (κ1) is 11.9. The Kier molecular flexibility index (Phi) is 3.43. The fourth-order valence-corrected chi connectivity index (χ4v) is 1.46. The number of aromatic hydroxyl groups is 1. The maximum absolute atomic E-state index is 9.35. The zero-order valence-electron chi connectivity index (χ0n) is 9.87. The van der Waals surface area contributed by atoms with Crippen molar-refractivity contribution in [1.29, 1.82) is 0 Å². The Morgan fingerprint density at radius 3 is 2.83 bits per heavy atom. The number of hydrogen-bond donors (Lipinski definition) is 2. The second-order valence-corrected chi connectivity index (χ2v) is 3.57. The number of pyridine rings is 1. The number of hydrogen-bond acceptors (Lipinski definition) is 4. The lowest BCUT2D eigenvalue weighted by Crippen LogP contribution is -2.14. The van der Waals surface area contributed by atoms with Crippen molar-refractivity contribution in [2.24, 2.45) is 10.7 Å². The Morgan fingerprint density at radius 2 is 2.17 bits per heavy atom. The van der Waals surface area contributed by atoms with E-state index in [0.717, 1.165) is 0 Å². The number of aromatic nitrogens is 1. The molecule has 1 aromatic heterocycles. The van der Waals surface area contributed by atoms with E-state index >= 15 is 0 Å². The smallest absolute Gasteiger partial charge is 0.150 e. The first-order valence-electron chi connectivity index (χ1n) is 5.33.